The number of halogens is 1. The van der Waals surface area contributed by atoms with Crippen LogP contribution >= 0.6 is 66.4 Å². The van der Waals surface area contributed by atoms with E-state index in [0.717, 1.165) is 36.7 Å². The fourth-order valence-electron chi connectivity index (χ4n) is 6.55. The minimum absolute atomic E-state index is 0.172. The Morgan fingerprint density at radius 1 is 0.575 bits per heavy atom. The summed E-state index contributed by atoms with van der Waals surface area (Å²) in [4.78, 5) is 2.89. The first kappa shape index (κ1) is 28.1. The van der Waals surface area contributed by atoms with Crippen LogP contribution in [-0.2, 0) is 5.41 Å². The maximum Gasteiger partial charge on any atom is 0.0496 e. The van der Waals surface area contributed by atoms with Gasteiger partial charge in [-0.25, -0.2) is 0 Å². The molecule has 5 aromatic carbocycles. The highest BCUT2D eigenvalue weighted by Crippen LogP contribution is 2.61. The second-order valence-corrected chi connectivity index (χ2v) is 13.5. The monoisotopic (exact) mass is 656 g/mol. The second kappa shape index (κ2) is 11.7. The van der Waals surface area contributed by atoms with E-state index in [-0.39, 0.29) is 17.1 Å². The van der Waals surface area contributed by atoms with Gasteiger partial charge in [-0.15, -0.1) is 37.9 Å². The highest BCUT2D eigenvalue weighted by atomic mass is 79.9. The second-order valence-electron chi connectivity index (χ2n) is 10.4. The van der Waals surface area contributed by atoms with Crippen LogP contribution in [0.1, 0.15) is 34.6 Å². The van der Waals surface area contributed by atoms with Crippen molar-refractivity contribution in [3.8, 4) is 11.1 Å². The van der Waals surface area contributed by atoms with Gasteiger partial charge in [0.1, 0.15) is 0 Å². The van der Waals surface area contributed by atoms with Gasteiger partial charge in [0, 0.05) is 29.8 Å². The largest absolute Gasteiger partial charge is 0.176 e. The SMILES string of the molecule is Sc1ccccc1-c1cc(C(c2ccccc2)(c2cccc(Br)c2)C2C(c3ccccc3S)C[C@H]2S)ccc1S. The molecule has 3 unspecified atom stereocenters. The predicted molar refractivity (Wildman–Crippen MR) is 184 cm³/mol. The smallest absolute Gasteiger partial charge is 0.0496 e. The average Bonchev–Trinajstić information content (AvgIpc) is 2.96. The highest BCUT2D eigenvalue weighted by Gasteiger charge is 2.55. The number of benzene rings is 5. The molecule has 200 valence electrons. The summed E-state index contributed by atoms with van der Waals surface area (Å²) in [7, 11) is 0. The summed E-state index contributed by atoms with van der Waals surface area (Å²) in [5, 5.41) is 0.188. The molecule has 0 radical (unpaired) electrons. The van der Waals surface area contributed by atoms with E-state index in [9.17, 15) is 0 Å². The molecule has 1 fully saturated rings. The molecule has 40 heavy (non-hydrogen) atoms. The van der Waals surface area contributed by atoms with E-state index in [1.807, 2.05) is 12.1 Å². The molecule has 6 rings (SSSR count). The summed E-state index contributed by atoms with van der Waals surface area (Å²) < 4.78 is 1.05. The van der Waals surface area contributed by atoms with Gasteiger partial charge in [0.15, 0.2) is 0 Å². The van der Waals surface area contributed by atoms with Crippen LogP contribution in [0, 0.1) is 5.92 Å². The van der Waals surface area contributed by atoms with Crippen LogP contribution < -0.4 is 0 Å². The van der Waals surface area contributed by atoms with Crippen molar-refractivity contribution < 1.29 is 0 Å². The summed E-state index contributed by atoms with van der Waals surface area (Å²) in [6.07, 6.45) is 0.991. The Morgan fingerprint density at radius 2 is 1.20 bits per heavy atom. The van der Waals surface area contributed by atoms with E-state index < -0.39 is 5.41 Å². The summed E-state index contributed by atoms with van der Waals surface area (Å²) in [5.74, 6) is 0.456. The topological polar surface area (TPSA) is 0 Å². The van der Waals surface area contributed by atoms with Crippen LogP contribution in [0.15, 0.2) is 140 Å². The lowest BCUT2D eigenvalue weighted by atomic mass is 9.50. The number of hydrogen-bond acceptors (Lipinski definition) is 4. The van der Waals surface area contributed by atoms with E-state index in [1.54, 1.807) is 0 Å². The molecule has 0 saturated heterocycles. The molecular formula is C35H29BrS4. The molecule has 0 bridgehead atoms. The summed E-state index contributed by atoms with van der Waals surface area (Å²) in [6, 6.07) is 43.2. The fourth-order valence-corrected chi connectivity index (χ4v) is 8.47. The molecule has 0 amide bonds. The molecule has 0 nitrogen and oxygen atoms in total. The van der Waals surface area contributed by atoms with Crippen LogP contribution in [0.5, 0.6) is 0 Å². The van der Waals surface area contributed by atoms with Crippen LogP contribution in [0.3, 0.4) is 0 Å². The molecule has 5 heteroatoms. The van der Waals surface area contributed by atoms with Crippen LogP contribution in [0.25, 0.3) is 11.1 Å². The van der Waals surface area contributed by atoms with Crippen LogP contribution in [0.4, 0.5) is 0 Å². The van der Waals surface area contributed by atoms with Crippen molar-refractivity contribution in [1.29, 1.82) is 0 Å². The summed E-state index contributed by atoms with van der Waals surface area (Å²) in [5.41, 5.74) is 6.63. The van der Waals surface area contributed by atoms with Gasteiger partial charge >= 0.3 is 0 Å². The Labute approximate surface area is 267 Å². The molecule has 0 aromatic heterocycles. The lowest BCUT2D eigenvalue weighted by molar-refractivity contribution is 0.192. The zero-order chi connectivity index (χ0) is 27.9. The van der Waals surface area contributed by atoms with Gasteiger partial charge in [-0.2, -0.15) is 12.6 Å². The first-order valence-corrected chi connectivity index (χ1v) is 16.0. The van der Waals surface area contributed by atoms with Gasteiger partial charge in [0.05, 0.1) is 0 Å². The third-order valence-electron chi connectivity index (χ3n) is 8.33. The van der Waals surface area contributed by atoms with E-state index in [1.165, 1.54) is 22.3 Å². The Balaban J connectivity index is 1.69. The molecule has 0 spiro atoms. The summed E-state index contributed by atoms with van der Waals surface area (Å²) in [6.45, 7) is 0. The normalized spacial score (nSPS) is 20.0. The maximum atomic E-state index is 5.26. The number of thiol groups is 4. The quantitative estimate of drug-likeness (QED) is 0.101. The zero-order valence-electron chi connectivity index (χ0n) is 21.7. The lowest BCUT2D eigenvalue weighted by Crippen LogP contribution is -2.52. The van der Waals surface area contributed by atoms with E-state index in [2.05, 4.69) is 125 Å². The standard InChI is InChI=1S/C35H29BrS4/c36-25-12-8-11-23(19-25)35(22-9-2-1-3-10-22,34-29(21-33(34)40)27-14-5-7-16-31(27)38)24-17-18-32(39)28(20-24)26-13-4-6-15-30(26)37/h1-20,29,33-34,37-40H,21H2/t29?,33-,34?,35?/m1/s1. The molecule has 1 aliphatic carbocycles. The maximum absolute atomic E-state index is 5.26. The van der Waals surface area contributed by atoms with Gasteiger partial charge in [-0.1, -0.05) is 101 Å². The van der Waals surface area contributed by atoms with Crippen molar-refractivity contribution >= 4 is 66.4 Å². The van der Waals surface area contributed by atoms with E-state index >= 15 is 0 Å². The molecule has 4 atom stereocenters. The third-order valence-corrected chi connectivity index (χ3v) is 10.5. The van der Waals surface area contributed by atoms with Crippen LogP contribution in [-0.4, -0.2) is 5.25 Å². The number of hydrogen-bond donors (Lipinski definition) is 4. The van der Waals surface area contributed by atoms with Crippen molar-refractivity contribution in [1.82, 2.24) is 0 Å². The first-order valence-electron chi connectivity index (χ1n) is 13.3. The van der Waals surface area contributed by atoms with Gasteiger partial charge < -0.3 is 0 Å². The fraction of sp³-hybridized carbons (Fsp3) is 0.143. The van der Waals surface area contributed by atoms with Crippen molar-refractivity contribution in [2.75, 3.05) is 0 Å². The van der Waals surface area contributed by atoms with E-state index in [0.29, 0.717) is 0 Å². The Kier molecular flexibility index (Phi) is 8.22. The van der Waals surface area contributed by atoms with Crippen molar-refractivity contribution in [2.24, 2.45) is 5.92 Å². The molecule has 0 heterocycles. The Bertz CT molecular complexity index is 1670. The highest BCUT2D eigenvalue weighted by molar-refractivity contribution is 9.10. The average molecular weight is 658 g/mol. The molecule has 5 aromatic rings. The van der Waals surface area contributed by atoms with Gasteiger partial charge in [0.2, 0.25) is 0 Å². The minimum Gasteiger partial charge on any atom is -0.176 e. The molecule has 1 aliphatic rings. The molecule has 0 aliphatic heterocycles. The first-order chi connectivity index (χ1) is 19.4. The van der Waals surface area contributed by atoms with Crippen molar-refractivity contribution in [3.05, 3.63) is 148 Å². The van der Waals surface area contributed by atoms with Crippen molar-refractivity contribution in [3.63, 3.8) is 0 Å². The Hall–Kier alpha value is -2.02. The lowest BCUT2D eigenvalue weighted by Gasteiger charge is -2.55. The molecule has 0 N–H and O–H groups in total. The Morgan fingerprint density at radius 3 is 1.90 bits per heavy atom. The number of rotatable bonds is 6. The van der Waals surface area contributed by atoms with Crippen LogP contribution in [0.2, 0.25) is 0 Å². The van der Waals surface area contributed by atoms with Gasteiger partial charge in [-0.05, 0) is 88.0 Å². The minimum atomic E-state index is -0.488. The van der Waals surface area contributed by atoms with E-state index in [4.69, 9.17) is 50.5 Å². The predicted octanol–water partition coefficient (Wildman–Crippen LogP) is 10.4. The summed E-state index contributed by atoms with van der Waals surface area (Å²) >= 11 is 23.7. The molecular weight excluding hydrogens is 629 g/mol. The van der Waals surface area contributed by atoms with Crippen molar-refractivity contribution in [2.45, 2.75) is 37.7 Å². The van der Waals surface area contributed by atoms with Gasteiger partial charge in [-0.3, -0.25) is 0 Å². The molecule has 1 saturated carbocycles. The van der Waals surface area contributed by atoms with Gasteiger partial charge in [0.25, 0.3) is 0 Å². The third kappa shape index (κ3) is 4.88. The zero-order valence-corrected chi connectivity index (χ0v) is 26.8.